The van der Waals surface area contributed by atoms with Crippen molar-refractivity contribution in [2.45, 2.75) is 64.8 Å². The van der Waals surface area contributed by atoms with Gasteiger partial charge in [-0.1, -0.05) is 52.7 Å². The number of rotatable bonds is 10. The first kappa shape index (κ1) is 21.6. The molecule has 0 aliphatic rings. The van der Waals surface area contributed by atoms with Crippen molar-refractivity contribution < 1.29 is 13.2 Å². The van der Waals surface area contributed by atoms with E-state index in [0.717, 1.165) is 18.4 Å². The van der Waals surface area contributed by atoms with Crippen LogP contribution in [0, 0.1) is 5.92 Å². The summed E-state index contributed by atoms with van der Waals surface area (Å²) in [6.07, 6.45) is 2.64. The summed E-state index contributed by atoms with van der Waals surface area (Å²) in [5, 5.41) is 2.99. The van der Waals surface area contributed by atoms with Gasteiger partial charge in [0.25, 0.3) is 0 Å². The lowest BCUT2D eigenvalue weighted by molar-refractivity contribution is -0.122. The molecule has 1 aromatic rings. The zero-order valence-electron chi connectivity index (χ0n) is 16.1. The van der Waals surface area contributed by atoms with Crippen molar-refractivity contribution in [3.8, 4) is 0 Å². The third kappa shape index (κ3) is 6.12. The second-order valence-electron chi connectivity index (χ2n) is 6.55. The topological polar surface area (TPSA) is 66.5 Å². The van der Waals surface area contributed by atoms with Crippen LogP contribution >= 0.6 is 0 Å². The van der Waals surface area contributed by atoms with Crippen molar-refractivity contribution in [2.24, 2.45) is 5.92 Å². The quantitative estimate of drug-likeness (QED) is 0.684. The third-order valence-corrected chi connectivity index (χ3v) is 6.48. The predicted octanol–water partition coefficient (Wildman–Crippen LogP) is 3.72. The Balaban J connectivity index is 2.77. The second-order valence-corrected chi connectivity index (χ2v) is 8.48. The number of carbonyl (C=O) groups is 1. The summed E-state index contributed by atoms with van der Waals surface area (Å²) < 4.78 is 26.4. The standard InChI is InChI=1S/C19H32N2O3S/c1-6-9-15(4)14-19(22)20-16(5)17-10-12-18(13-11-17)25(23,24)21(7-2)8-3/h10-13,15-16H,6-9,14H2,1-5H3,(H,20,22). The Hall–Kier alpha value is -1.40. The van der Waals surface area contributed by atoms with Crippen LogP contribution in [-0.4, -0.2) is 31.7 Å². The van der Waals surface area contributed by atoms with Crippen LogP contribution < -0.4 is 5.32 Å². The molecule has 142 valence electrons. The molecule has 0 bridgehead atoms. The summed E-state index contributed by atoms with van der Waals surface area (Å²) in [5.41, 5.74) is 0.898. The molecule has 0 fully saturated rings. The fraction of sp³-hybridized carbons (Fsp3) is 0.632. The van der Waals surface area contributed by atoms with E-state index in [1.165, 1.54) is 4.31 Å². The summed E-state index contributed by atoms with van der Waals surface area (Å²) in [5.74, 6) is 0.409. The molecule has 1 aromatic carbocycles. The van der Waals surface area contributed by atoms with Crippen molar-refractivity contribution in [2.75, 3.05) is 13.1 Å². The van der Waals surface area contributed by atoms with Crippen LogP contribution in [0.1, 0.15) is 65.5 Å². The minimum absolute atomic E-state index is 0.0355. The monoisotopic (exact) mass is 368 g/mol. The molecule has 0 aromatic heterocycles. The Morgan fingerprint density at radius 2 is 1.64 bits per heavy atom. The maximum Gasteiger partial charge on any atom is 0.243 e. The zero-order chi connectivity index (χ0) is 19.0. The number of nitrogens with one attached hydrogen (secondary N) is 1. The number of sulfonamides is 1. The lowest BCUT2D eigenvalue weighted by atomic mass is 10.0. The first-order valence-electron chi connectivity index (χ1n) is 9.15. The molecule has 25 heavy (non-hydrogen) atoms. The molecule has 0 saturated carbocycles. The number of hydrogen-bond acceptors (Lipinski definition) is 3. The average molecular weight is 369 g/mol. The van der Waals surface area contributed by atoms with Gasteiger partial charge in [0.1, 0.15) is 0 Å². The normalized spacial score (nSPS) is 14.3. The molecule has 1 N–H and O–H groups in total. The van der Waals surface area contributed by atoms with Gasteiger partial charge in [-0.3, -0.25) is 4.79 Å². The van der Waals surface area contributed by atoms with Gasteiger partial charge in [0.2, 0.25) is 15.9 Å². The van der Waals surface area contributed by atoms with E-state index in [4.69, 9.17) is 0 Å². The van der Waals surface area contributed by atoms with Crippen LogP contribution in [-0.2, 0) is 14.8 Å². The Labute approximate surface area is 152 Å². The van der Waals surface area contributed by atoms with Crippen LogP contribution in [0.2, 0.25) is 0 Å². The van der Waals surface area contributed by atoms with Crippen LogP contribution in [0.5, 0.6) is 0 Å². The first-order valence-corrected chi connectivity index (χ1v) is 10.6. The van der Waals surface area contributed by atoms with Gasteiger partial charge in [-0.05, 0) is 30.5 Å². The first-order chi connectivity index (χ1) is 11.8. The molecule has 2 unspecified atom stereocenters. The van der Waals surface area contributed by atoms with Crippen molar-refractivity contribution in [1.82, 2.24) is 9.62 Å². The highest BCUT2D eigenvalue weighted by Crippen LogP contribution is 2.20. The zero-order valence-corrected chi connectivity index (χ0v) is 16.9. The Morgan fingerprint density at radius 1 is 1.08 bits per heavy atom. The van der Waals surface area contributed by atoms with Crippen LogP contribution in [0.15, 0.2) is 29.2 Å². The fourth-order valence-corrected chi connectivity index (χ4v) is 4.39. The van der Waals surface area contributed by atoms with Gasteiger partial charge in [0, 0.05) is 19.5 Å². The second kappa shape index (κ2) is 9.92. The van der Waals surface area contributed by atoms with Crippen molar-refractivity contribution in [3.05, 3.63) is 29.8 Å². The number of benzene rings is 1. The Bertz CT molecular complexity index is 637. The Morgan fingerprint density at radius 3 is 2.12 bits per heavy atom. The van der Waals surface area contributed by atoms with Crippen LogP contribution in [0.25, 0.3) is 0 Å². The summed E-state index contributed by atoms with van der Waals surface area (Å²) in [6, 6.07) is 6.64. The maximum atomic E-state index is 12.5. The van der Waals surface area contributed by atoms with Gasteiger partial charge in [0.15, 0.2) is 0 Å². The maximum absolute atomic E-state index is 12.5. The molecule has 0 heterocycles. The lowest BCUT2D eigenvalue weighted by Gasteiger charge is -2.20. The van der Waals surface area contributed by atoms with Crippen molar-refractivity contribution in [1.29, 1.82) is 0 Å². The van der Waals surface area contributed by atoms with Crippen LogP contribution in [0.3, 0.4) is 0 Å². The molecular weight excluding hydrogens is 336 g/mol. The van der Waals surface area contributed by atoms with E-state index < -0.39 is 10.0 Å². The van der Waals surface area contributed by atoms with E-state index in [9.17, 15) is 13.2 Å². The van der Waals surface area contributed by atoms with Gasteiger partial charge in [-0.2, -0.15) is 4.31 Å². The Kier molecular flexibility index (Phi) is 8.59. The molecular formula is C19H32N2O3S. The van der Waals surface area contributed by atoms with E-state index in [2.05, 4.69) is 19.2 Å². The third-order valence-electron chi connectivity index (χ3n) is 4.42. The van der Waals surface area contributed by atoms with E-state index >= 15 is 0 Å². The minimum atomic E-state index is -3.44. The molecule has 0 aliphatic carbocycles. The molecule has 2 atom stereocenters. The van der Waals surface area contributed by atoms with Crippen molar-refractivity contribution >= 4 is 15.9 Å². The SMILES string of the molecule is CCCC(C)CC(=O)NC(C)c1ccc(S(=O)(=O)N(CC)CC)cc1. The largest absolute Gasteiger partial charge is 0.350 e. The lowest BCUT2D eigenvalue weighted by Crippen LogP contribution is -2.30. The van der Waals surface area contributed by atoms with Gasteiger partial charge in [-0.15, -0.1) is 0 Å². The van der Waals surface area contributed by atoms with E-state index in [0.29, 0.717) is 25.4 Å². The number of hydrogen-bond donors (Lipinski definition) is 1. The molecule has 1 amide bonds. The molecule has 0 spiro atoms. The van der Waals surface area contributed by atoms with Gasteiger partial charge >= 0.3 is 0 Å². The number of amides is 1. The van der Waals surface area contributed by atoms with E-state index in [-0.39, 0.29) is 16.8 Å². The molecule has 6 heteroatoms. The van der Waals surface area contributed by atoms with Gasteiger partial charge in [-0.25, -0.2) is 8.42 Å². The summed E-state index contributed by atoms with van der Waals surface area (Å²) in [4.78, 5) is 12.4. The molecule has 0 aliphatic heterocycles. The van der Waals surface area contributed by atoms with E-state index in [1.54, 1.807) is 24.3 Å². The number of carbonyl (C=O) groups excluding carboxylic acids is 1. The smallest absolute Gasteiger partial charge is 0.243 e. The molecule has 0 saturated heterocycles. The highest BCUT2D eigenvalue weighted by molar-refractivity contribution is 7.89. The van der Waals surface area contributed by atoms with Gasteiger partial charge in [0.05, 0.1) is 10.9 Å². The summed E-state index contributed by atoms with van der Waals surface area (Å²) in [6.45, 7) is 10.7. The predicted molar refractivity (Wildman–Crippen MR) is 102 cm³/mol. The highest BCUT2D eigenvalue weighted by Gasteiger charge is 2.21. The molecule has 0 radical (unpaired) electrons. The van der Waals surface area contributed by atoms with Gasteiger partial charge < -0.3 is 5.32 Å². The fourth-order valence-electron chi connectivity index (χ4n) is 2.94. The summed E-state index contributed by atoms with van der Waals surface area (Å²) >= 11 is 0. The summed E-state index contributed by atoms with van der Waals surface area (Å²) in [7, 11) is -3.44. The average Bonchev–Trinajstić information content (AvgIpc) is 2.55. The van der Waals surface area contributed by atoms with E-state index in [1.807, 2.05) is 20.8 Å². The van der Waals surface area contributed by atoms with Crippen molar-refractivity contribution in [3.63, 3.8) is 0 Å². The number of nitrogens with zero attached hydrogens (tertiary/aromatic N) is 1. The molecule has 5 nitrogen and oxygen atoms in total. The minimum Gasteiger partial charge on any atom is -0.350 e. The molecule has 1 rings (SSSR count). The van der Waals surface area contributed by atoms with Crippen LogP contribution in [0.4, 0.5) is 0 Å². The highest BCUT2D eigenvalue weighted by atomic mass is 32.2.